The van der Waals surface area contributed by atoms with Gasteiger partial charge in [-0.15, -0.1) is 0 Å². The molecule has 0 rings (SSSR count). The molecule has 0 aliphatic carbocycles. The van der Waals surface area contributed by atoms with E-state index in [2.05, 4.69) is 215 Å². The van der Waals surface area contributed by atoms with Crippen molar-refractivity contribution in [2.75, 3.05) is 39.6 Å². The highest BCUT2D eigenvalue weighted by Crippen LogP contribution is 2.45. The van der Waals surface area contributed by atoms with Crippen molar-refractivity contribution in [3.63, 3.8) is 0 Å². The van der Waals surface area contributed by atoms with Crippen molar-refractivity contribution in [2.45, 2.75) is 514 Å². The number of hydrogen-bond acceptors (Lipinski definition) is 14. The Morgan fingerprint density at radius 1 is 0.201 bits per heavy atom. The Kier molecular flexibility index (Phi) is 107. The van der Waals surface area contributed by atoms with Crippen LogP contribution in [0.25, 0.3) is 0 Å². The lowest BCUT2D eigenvalue weighted by atomic mass is 10.0. The van der Waals surface area contributed by atoms with E-state index in [1.54, 1.807) is 0 Å². The van der Waals surface area contributed by atoms with E-state index >= 15 is 0 Å². The Morgan fingerprint density at radius 2 is 0.360 bits per heavy atom. The maximum atomic E-state index is 13.2. The number of aliphatic hydroxyl groups excluding tert-OH is 2. The normalized spacial score (nSPS) is 14.3. The smallest absolute Gasteiger partial charge is 0.463 e. The summed E-state index contributed by atoms with van der Waals surface area (Å²) in [6.07, 6.45) is 151. The molecule has 0 radical (unpaired) electrons. The van der Waals surface area contributed by atoms with Gasteiger partial charge in [0.2, 0.25) is 0 Å². The third-order valence-electron chi connectivity index (χ3n) is 24.3. The summed E-state index contributed by atoms with van der Waals surface area (Å²) >= 11 is 0. The summed E-state index contributed by atoms with van der Waals surface area (Å²) in [4.78, 5) is 59.4. The zero-order chi connectivity index (χ0) is 101. The highest BCUT2D eigenvalue weighted by molar-refractivity contribution is 7.47. The fourth-order valence-electron chi connectivity index (χ4n) is 15.9. The second-order valence-corrected chi connectivity index (χ2v) is 40.6. The number of phosphoric acid groups is 2. The molecule has 5 unspecified atom stereocenters. The first kappa shape index (κ1) is 133. The number of carbonyl (C=O) groups is 3. The molecule has 798 valence electrons. The molecule has 0 amide bonds. The second-order valence-electron chi connectivity index (χ2n) is 37.7. The van der Waals surface area contributed by atoms with Gasteiger partial charge in [0.15, 0.2) is 6.10 Å². The van der Waals surface area contributed by atoms with Crippen LogP contribution in [-0.2, 0) is 55.8 Å². The lowest BCUT2D eigenvalue weighted by Gasteiger charge is -2.21. The molecular formula is C121H208O16P2. The largest absolute Gasteiger partial charge is 0.472 e. The Balaban J connectivity index is 4.59. The molecular weight excluding hydrogens is 1770 g/mol. The summed E-state index contributed by atoms with van der Waals surface area (Å²) in [5, 5.41) is 20.9. The molecule has 18 heteroatoms. The minimum absolute atomic E-state index is 0.102. The van der Waals surface area contributed by atoms with Gasteiger partial charge in [0.1, 0.15) is 25.4 Å². The maximum absolute atomic E-state index is 13.2. The van der Waals surface area contributed by atoms with Crippen molar-refractivity contribution in [1.82, 2.24) is 0 Å². The molecule has 0 saturated carbocycles. The molecule has 0 heterocycles. The summed E-state index contributed by atoms with van der Waals surface area (Å²) < 4.78 is 61.9. The lowest BCUT2D eigenvalue weighted by molar-refractivity contribution is -0.161. The number of rotatable bonds is 107. The Hall–Kier alpha value is -5.61. The van der Waals surface area contributed by atoms with E-state index in [9.17, 15) is 43.5 Å². The fraction of sp³-hybridized carbons (Fsp3) is 0.711. The fourth-order valence-corrected chi connectivity index (χ4v) is 17.5. The van der Waals surface area contributed by atoms with Crippen LogP contribution in [0, 0.1) is 0 Å². The molecule has 139 heavy (non-hydrogen) atoms. The number of phosphoric ester groups is 2. The minimum Gasteiger partial charge on any atom is -0.463 e. The van der Waals surface area contributed by atoms with Crippen molar-refractivity contribution in [1.29, 1.82) is 0 Å². The summed E-state index contributed by atoms with van der Waals surface area (Å²) in [7, 11) is -9.82. The predicted octanol–water partition coefficient (Wildman–Crippen LogP) is 36.8. The van der Waals surface area contributed by atoms with Gasteiger partial charge < -0.3 is 34.2 Å². The molecule has 0 aliphatic rings. The van der Waals surface area contributed by atoms with Gasteiger partial charge in [-0.2, -0.15) is 0 Å². The monoisotopic (exact) mass is 1980 g/mol. The van der Waals surface area contributed by atoms with Crippen molar-refractivity contribution < 1.29 is 75.8 Å². The Bertz CT molecular complexity index is 3310. The van der Waals surface area contributed by atoms with E-state index in [0.717, 1.165) is 173 Å². The van der Waals surface area contributed by atoms with Crippen molar-refractivity contribution >= 4 is 33.6 Å². The molecule has 0 aromatic carbocycles. The zero-order valence-electron chi connectivity index (χ0n) is 88.9. The molecule has 0 spiro atoms. The molecule has 0 aliphatic heterocycles. The molecule has 0 bridgehead atoms. The van der Waals surface area contributed by atoms with Crippen LogP contribution in [0.15, 0.2) is 194 Å². The number of esters is 3. The van der Waals surface area contributed by atoms with E-state index in [-0.39, 0.29) is 19.3 Å². The Labute approximate surface area is 852 Å². The number of allylic oxidation sites excluding steroid dienone is 32. The quantitative estimate of drug-likeness (QED) is 0.0146. The second kappa shape index (κ2) is 111. The number of ether oxygens (including phenoxy) is 3. The molecule has 0 aromatic rings. The molecule has 5 atom stereocenters. The van der Waals surface area contributed by atoms with E-state index < -0.39 is 91.5 Å². The van der Waals surface area contributed by atoms with E-state index in [0.29, 0.717) is 19.3 Å². The van der Waals surface area contributed by atoms with Crippen LogP contribution in [0.3, 0.4) is 0 Å². The predicted molar refractivity (Wildman–Crippen MR) is 592 cm³/mol. The first-order valence-electron chi connectivity index (χ1n) is 56.7. The van der Waals surface area contributed by atoms with Gasteiger partial charge >= 0.3 is 33.6 Å². The topological polar surface area (TPSA) is 231 Å². The van der Waals surface area contributed by atoms with Gasteiger partial charge in [-0.05, 0) is 161 Å². The highest BCUT2D eigenvalue weighted by atomic mass is 31.2. The molecule has 0 fully saturated rings. The standard InChI is InChI=1S/C121H208O16P2/c1-4-7-10-13-16-19-22-25-28-31-34-37-40-43-46-49-52-55-57-60-62-65-68-71-74-77-80-83-86-89-92-95-98-101-104-107-119(124)131-110-116(122)111-133-138(127,128)134-112-117(123)113-135-139(129,130)136-115-118(137-121(126)109-106-103-100-97-94-91-88-85-82-79-76-73-70-67-64-59-54-51-48-45-42-39-36-33-30-27-24-21-18-15-12-9-6-3)114-132-120(125)108-105-102-99-96-93-90-87-84-81-78-75-72-69-66-63-61-58-56-53-50-47-44-41-38-35-32-29-26-23-20-17-14-11-8-5-2/h7-12,16-21,25-30,34-39,43-48,54,59,116-118,122-123H,4-6,13-15,22-24,31-33,40-42,49-53,55-58,60-115H2,1-3H3,(H,127,128)(H,129,130)/b10-7-,11-8-,12-9-,19-16-,20-17-,21-18-,28-25-,29-26-,30-27-,37-34-,38-35-,39-36-,46-43-,47-44-,48-45-,59-54-. The SMILES string of the molecule is CC/C=C\C/C=C\C/C=C\C/C=C\C/C=C\C/C=C\CCCCCCCCCCCCCCCCC(=O)OC(COC(=O)CCCCCCCCCCCCCCCCCCCCC/C=C\C/C=C\C/C=C\C/C=C\C/C=C\CC)COP(=O)(O)OCC(O)COP(=O)(O)OCC(O)COC(=O)CCCCCCCCCCCCCCCCCCCCC/C=C\C/C=C\C/C=C\C/C=C\C/C=C\CC. The van der Waals surface area contributed by atoms with Gasteiger partial charge in [0.05, 0.1) is 26.4 Å². The van der Waals surface area contributed by atoms with Crippen LogP contribution < -0.4 is 0 Å². The summed E-state index contributed by atoms with van der Waals surface area (Å²) in [6, 6.07) is 0. The van der Waals surface area contributed by atoms with Crippen LogP contribution in [0.2, 0.25) is 0 Å². The van der Waals surface area contributed by atoms with Crippen LogP contribution in [-0.4, -0.2) is 95.9 Å². The van der Waals surface area contributed by atoms with Crippen LogP contribution in [0.5, 0.6) is 0 Å². The lowest BCUT2D eigenvalue weighted by Crippen LogP contribution is -2.30. The summed E-state index contributed by atoms with van der Waals surface area (Å²) in [6.45, 7) is 2.44. The van der Waals surface area contributed by atoms with Gasteiger partial charge in [0.25, 0.3) is 0 Å². The van der Waals surface area contributed by atoms with Crippen molar-refractivity contribution in [3.8, 4) is 0 Å². The number of hydrogen-bond donors (Lipinski definition) is 4. The van der Waals surface area contributed by atoms with Crippen molar-refractivity contribution in [3.05, 3.63) is 194 Å². The summed E-state index contributed by atoms with van der Waals surface area (Å²) in [5.41, 5.74) is 0. The molecule has 16 nitrogen and oxygen atoms in total. The third kappa shape index (κ3) is 113. The number of unbranched alkanes of at least 4 members (excludes halogenated alkanes) is 52. The van der Waals surface area contributed by atoms with E-state index in [4.69, 9.17) is 32.3 Å². The van der Waals surface area contributed by atoms with Gasteiger partial charge in [-0.3, -0.25) is 32.5 Å². The average Bonchev–Trinajstić information content (AvgIpc) is 0.896. The van der Waals surface area contributed by atoms with Gasteiger partial charge in [-0.1, -0.05) is 511 Å². The zero-order valence-corrected chi connectivity index (χ0v) is 90.6. The number of aliphatic hydroxyl groups is 2. The first-order valence-corrected chi connectivity index (χ1v) is 59.7. The van der Waals surface area contributed by atoms with E-state index in [1.165, 1.54) is 263 Å². The van der Waals surface area contributed by atoms with Crippen LogP contribution >= 0.6 is 15.6 Å². The van der Waals surface area contributed by atoms with E-state index in [1.807, 2.05) is 0 Å². The molecule has 0 saturated heterocycles. The van der Waals surface area contributed by atoms with Crippen molar-refractivity contribution in [2.24, 2.45) is 0 Å². The molecule has 4 N–H and O–H groups in total. The Morgan fingerprint density at radius 3 is 0.568 bits per heavy atom. The maximum Gasteiger partial charge on any atom is 0.472 e. The van der Waals surface area contributed by atoms with Gasteiger partial charge in [-0.25, -0.2) is 9.13 Å². The minimum atomic E-state index is -4.95. The third-order valence-corrected chi connectivity index (χ3v) is 26.2. The van der Waals surface area contributed by atoms with Crippen LogP contribution in [0.1, 0.15) is 496 Å². The van der Waals surface area contributed by atoms with Crippen LogP contribution in [0.4, 0.5) is 0 Å². The first-order chi connectivity index (χ1) is 68.2. The highest BCUT2D eigenvalue weighted by Gasteiger charge is 2.30. The van der Waals surface area contributed by atoms with Gasteiger partial charge in [0, 0.05) is 19.3 Å². The summed E-state index contributed by atoms with van der Waals surface area (Å²) in [5.74, 6) is -1.55. The average molecular weight is 1980 g/mol. The molecule has 0 aromatic heterocycles. The number of carbonyl (C=O) groups excluding carboxylic acids is 3.